The van der Waals surface area contributed by atoms with Crippen molar-refractivity contribution in [1.29, 1.82) is 0 Å². The highest BCUT2D eigenvalue weighted by molar-refractivity contribution is 7.92. The third-order valence-electron chi connectivity index (χ3n) is 4.96. The Bertz CT molecular complexity index is 1190. The lowest BCUT2D eigenvalue weighted by molar-refractivity contribution is -0.120. The molecule has 0 fully saturated rings. The third kappa shape index (κ3) is 5.71. The predicted molar refractivity (Wildman–Crippen MR) is 120 cm³/mol. The quantitative estimate of drug-likeness (QED) is 0.610. The molecule has 11 heteroatoms. The van der Waals surface area contributed by atoms with Gasteiger partial charge in [-0.15, -0.1) is 0 Å². The minimum absolute atomic E-state index is 0.185. The number of fused-ring (bicyclic) bond motifs is 1. The van der Waals surface area contributed by atoms with Crippen LogP contribution in [0.15, 0.2) is 47.4 Å². The summed E-state index contributed by atoms with van der Waals surface area (Å²) in [6.45, 7) is 2.21. The van der Waals surface area contributed by atoms with E-state index in [-0.39, 0.29) is 10.6 Å². The fourth-order valence-corrected chi connectivity index (χ4v) is 4.80. The molecule has 0 bridgehead atoms. The van der Waals surface area contributed by atoms with Crippen LogP contribution in [0.2, 0.25) is 0 Å². The summed E-state index contributed by atoms with van der Waals surface area (Å²) in [5.74, 6) is 0.436. The smallest absolute Gasteiger partial charge is 0.241 e. The molecule has 0 spiro atoms. The van der Waals surface area contributed by atoms with Crippen LogP contribution in [0.1, 0.15) is 24.9 Å². The van der Waals surface area contributed by atoms with E-state index >= 15 is 0 Å². The molecule has 1 heterocycles. The number of hydrogen-bond acceptors (Lipinski definition) is 7. The van der Waals surface area contributed by atoms with Crippen LogP contribution in [0.4, 0.5) is 5.69 Å². The molecule has 32 heavy (non-hydrogen) atoms. The number of anilines is 1. The molecule has 1 amide bonds. The number of amides is 1. The summed E-state index contributed by atoms with van der Waals surface area (Å²) in [7, 11) is -7.08. The van der Waals surface area contributed by atoms with Crippen LogP contribution < -0.4 is 19.1 Å². The Morgan fingerprint density at radius 1 is 1.00 bits per heavy atom. The van der Waals surface area contributed by atoms with E-state index in [0.29, 0.717) is 31.1 Å². The Labute approximate surface area is 188 Å². The van der Waals surface area contributed by atoms with E-state index in [1.165, 1.54) is 18.2 Å². The van der Waals surface area contributed by atoms with Crippen LogP contribution in [-0.4, -0.2) is 55.0 Å². The number of nitrogens with zero attached hydrogens (tertiary/aromatic N) is 1. The number of sulfonamides is 1. The van der Waals surface area contributed by atoms with E-state index in [4.69, 9.17) is 9.47 Å². The molecule has 0 aromatic heterocycles. The van der Waals surface area contributed by atoms with Crippen LogP contribution in [0.3, 0.4) is 0 Å². The first-order valence-corrected chi connectivity index (χ1v) is 13.7. The van der Waals surface area contributed by atoms with Gasteiger partial charge in [0.1, 0.15) is 19.8 Å². The standard InChI is InChI=1S/C21H26N2O7S2/c1-4-18(15-5-8-17(9-6-15)31(2,25)26)22-21(24)14-23(32(3,27)28)16-7-10-19-20(13-16)30-12-11-29-19/h5-10,13,18H,4,11-12,14H2,1-3H3,(H,22,24). The fourth-order valence-electron chi connectivity index (χ4n) is 3.33. The summed E-state index contributed by atoms with van der Waals surface area (Å²) in [5.41, 5.74) is 1.01. The second-order valence-electron chi connectivity index (χ2n) is 7.47. The molecule has 1 atom stereocenters. The molecule has 1 aliphatic rings. The molecule has 2 aromatic rings. The lowest BCUT2D eigenvalue weighted by Crippen LogP contribution is -2.41. The zero-order valence-corrected chi connectivity index (χ0v) is 19.7. The van der Waals surface area contributed by atoms with Gasteiger partial charge in [-0.3, -0.25) is 9.10 Å². The number of carbonyl (C=O) groups is 1. The zero-order valence-electron chi connectivity index (χ0n) is 18.1. The first-order valence-electron chi connectivity index (χ1n) is 9.96. The van der Waals surface area contributed by atoms with Crippen molar-refractivity contribution in [3.05, 3.63) is 48.0 Å². The SMILES string of the molecule is CCC(NC(=O)CN(c1ccc2c(c1)OCCO2)S(C)(=O)=O)c1ccc(S(C)(=O)=O)cc1. The van der Waals surface area contributed by atoms with E-state index in [1.807, 2.05) is 6.92 Å². The largest absolute Gasteiger partial charge is 0.486 e. The molecule has 1 aliphatic heterocycles. The summed E-state index contributed by atoms with van der Waals surface area (Å²) in [6.07, 6.45) is 2.68. The van der Waals surface area contributed by atoms with Gasteiger partial charge in [0.05, 0.1) is 22.9 Å². The average molecular weight is 483 g/mol. The Hall–Kier alpha value is -2.79. The maximum atomic E-state index is 12.8. The van der Waals surface area contributed by atoms with Gasteiger partial charge in [0, 0.05) is 12.3 Å². The number of ether oxygens (including phenoxy) is 2. The monoisotopic (exact) mass is 482 g/mol. The Morgan fingerprint density at radius 2 is 1.62 bits per heavy atom. The number of benzene rings is 2. The molecule has 2 aromatic carbocycles. The van der Waals surface area contributed by atoms with E-state index < -0.39 is 38.4 Å². The molecule has 0 radical (unpaired) electrons. The van der Waals surface area contributed by atoms with Crippen LogP contribution in [0.5, 0.6) is 11.5 Å². The van der Waals surface area contributed by atoms with Crippen LogP contribution >= 0.6 is 0 Å². The Morgan fingerprint density at radius 3 is 2.19 bits per heavy atom. The maximum Gasteiger partial charge on any atom is 0.241 e. The average Bonchev–Trinajstić information content (AvgIpc) is 2.74. The van der Waals surface area contributed by atoms with Crippen molar-refractivity contribution >= 4 is 31.5 Å². The predicted octanol–water partition coefficient (Wildman–Crippen LogP) is 1.89. The van der Waals surface area contributed by atoms with Gasteiger partial charge >= 0.3 is 0 Å². The van der Waals surface area contributed by atoms with Crippen LogP contribution in [0.25, 0.3) is 0 Å². The summed E-state index contributed by atoms with van der Waals surface area (Å²) in [4.78, 5) is 12.9. The lowest BCUT2D eigenvalue weighted by atomic mass is 10.0. The molecule has 1 N–H and O–H groups in total. The van der Waals surface area contributed by atoms with Crippen LogP contribution in [-0.2, 0) is 24.7 Å². The van der Waals surface area contributed by atoms with Crippen molar-refractivity contribution < 1.29 is 31.1 Å². The molecular weight excluding hydrogens is 456 g/mol. The molecule has 1 unspecified atom stereocenters. The molecule has 9 nitrogen and oxygen atoms in total. The maximum absolute atomic E-state index is 12.8. The van der Waals surface area contributed by atoms with Crippen molar-refractivity contribution in [3.8, 4) is 11.5 Å². The van der Waals surface area contributed by atoms with Gasteiger partial charge in [0.15, 0.2) is 21.3 Å². The fraction of sp³-hybridized carbons (Fsp3) is 0.381. The number of sulfone groups is 1. The third-order valence-corrected chi connectivity index (χ3v) is 7.22. The molecular formula is C21H26N2O7S2. The summed E-state index contributed by atoms with van der Waals surface area (Å²) < 4.78 is 60.1. The molecule has 0 saturated carbocycles. The van der Waals surface area contributed by atoms with Gasteiger partial charge in [-0.2, -0.15) is 0 Å². The van der Waals surface area contributed by atoms with Gasteiger partial charge in [0.25, 0.3) is 0 Å². The van der Waals surface area contributed by atoms with Crippen molar-refractivity contribution in [2.45, 2.75) is 24.3 Å². The topological polar surface area (TPSA) is 119 Å². The van der Waals surface area contributed by atoms with Gasteiger partial charge in [0.2, 0.25) is 15.9 Å². The van der Waals surface area contributed by atoms with Crippen molar-refractivity contribution in [2.75, 3.05) is 36.6 Å². The number of carbonyl (C=O) groups excluding carboxylic acids is 1. The molecule has 0 saturated heterocycles. The second kappa shape index (κ2) is 9.37. The highest BCUT2D eigenvalue weighted by Crippen LogP contribution is 2.34. The van der Waals surface area contributed by atoms with Crippen molar-refractivity contribution in [3.63, 3.8) is 0 Å². The van der Waals surface area contributed by atoms with E-state index in [9.17, 15) is 21.6 Å². The van der Waals surface area contributed by atoms with Crippen LogP contribution in [0, 0.1) is 0 Å². The van der Waals surface area contributed by atoms with Gasteiger partial charge < -0.3 is 14.8 Å². The number of hydrogen-bond donors (Lipinski definition) is 1. The highest BCUT2D eigenvalue weighted by atomic mass is 32.2. The summed E-state index contributed by atoms with van der Waals surface area (Å²) in [5, 5.41) is 2.83. The van der Waals surface area contributed by atoms with Gasteiger partial charge in [-0.25, -0.2) is 16.8 Å². The Kier molecular flexibility index (Phi) is 6.99. The second-order valence-corrected chi connectivity index (χ2v) is 11.4. The zero-order chi connectivity index (χ0) is 23.5. The van der Waals surface area contributed by atoms with Gasteiger partial charge in [-0.05, 0) is 36.2 Å². The molecule has 0 aliphatic carbocycles. The van der Waals surface area contributed by atoms with E-state index in [1.54, 1.807) is 24.3 Å². The number of nitrogens with one attached hydrogen (secondary N) is 1. The molecule has 3 rings (SSSR count). The summed E-state index contributed by atoms with van der Waals surface area (Å²) >= 11 is 0. The summed E-state index contributed by atoms with van der Waals surface area (Å²) in [6, 6.07) is 10.5. The first kappa shape index (κ1) is 23.9. The van der Waals surface area contributed by atoms with E-state index in [2.05, 4.69) is 5.32 Å². The molecule has 174 valence electrons. The minimum atomic E-state index is -3.76. The van der Waals surface area contributed by atoms with E-state index in [0.717, 1.165) is 22.4 Å². The normalized spacial score (nSPS) is 14.5. The van der Waals surface area contributed by atoms with Crippen molar-refractivity contribution in [1.82, 2.24) is 5.32 Å². The Balaban J connectivity index is 1.78. The lowest BCUT2D eigenvalue weighted by Gasteiger charge is -2.26. The van der Waals surface area contributed by atoms with Gasteiger partial charge in [-0.1, -0.05) is 19.1 Å². The highest BCUT2D eigenvalue weighted by Gasteiger charge is 2.24. The first-order chi connectivity index (χ1) is 15.0. The van der Waals surface area contributed by atoms with Crippen molar-refractivity contribution in [2.24, 2.45) is 0 Å². The number of rotatable bonds is 8. The minimum Gasteiger partial charge on any atom is -0.486 e.